The summed E-state index contributed by atoms with van der Waals surface area (Å²) < 4.78 is 25.0. The Morgan fingerprint density at radius 3 is 2.34 bits per heavy atom. The van der Waals surface area contributed by atoms with E-state index in [1.165, 1.54) is 23.5 Å². The lowest BCUT2D eigenvalue weighted by Crippen LogP contribution is -2.40. The highest BCUT2D eigenvalue weighted by atomic mass is 32.1. The van der Waals surface area contributed by atoms with E-state index in [1.807, 2.05) is 44.2 Å². The molecule has 0 radical (unpaired) electrons. The molecule has 47 heavy (non-hydrogen) atoms. The maximum Gasteiger partial charge on any atom is 0.338 e. The van der Waals surface area contributed by atoms with E-state index < -0.39 is 16.9 Å². The number of hydrogen-bond donors (Lipinski definition) is 0. The molecule has 3 aromatic carbocycles. The molecule has 0 spiro atoms. The summed E-state index contributed by atoms with van der Waals surface area (Å²) in [6, 6.07) is 18.1. The van der Waals surface area contributed by atoms with E-state index in [2.05, 4.69) is 4.99 Å². The van der Waals surface area contributed by atoms with E-state index >= 15 is 0 Å². The second-order valence-corrected chi connectivity index (χ2v) is 11.9. The highest BCUT2D eigenvalue weighted by molar-refractivity contribution is 7.07. The van der Waals surface area contributed by atoms with Crippen LogP contribution in [0.1, 0.15) is 57.4 Å². The third-order valence-corrected chi connectivity index (χ3v) is 8.18. The molecule has 1 atom stereocenters. The van der Waals surface area contributed by atoms with Crippen molar-refractivity contribution in [1.29, 1.82) is 0 Å². The van der Waals surface area contributed by atoms with Crippen molar-refractivity contribution >= 4 is 29.1 Å². The standard InChI is InChI=1S/C35H35N3O8S/c1-6-43-27-15-11-25(12-16-27)32-31(34(40)46-21(3)4)22(5)36-35-37(32)33(39)30(47-35)19-24-10-17-28(29(18-24)44-7-2)45-20-23-8-13-26(14-9-23)38(41)42/h8-19,21,32H,6-7,20H2,1-5H3/b30-19+/t32-/m0/s1. The van der Waals surface area contributed by atoms with Gasteiger partial charge in [-0.3, -0.25) is 19.5 Å². The first kappa shape index (κ1) is 33.1. The third kappa shape index (κ3) is 7.44. The summed E-state index contributed by atoms with van der Waals surface area (Å²) in [7, 11) is 0. The number of rotatable bonds is 12. The molecule has 0 unspecified atom stereocenters. The van der Waals surface area contributed by atoms with Crippen LogP contribution in [0.15, 0.2) is 87.8 Å². The molecule has 11 nitrogen and oxygen atoms in total. The van der Waals surface area contributed by atoms with Crippen LogP contribution in [-0.4, -0.2) is 34.8 Å². The molecule has 0 saturated heterocycles. The second kappa shape index (κ2) is 14.5. The Balaban J connectivity index is 1.52. The summed E-state index contributed by atoms with van der Waals surface area (Å²) in [6.45, 7) is 10.1. The molecule has 1 aliphatic heterocycles. The van der Waals surface area contributed by atoms with Crippen molar-refractivity contribution in [2.24, 2.45) is 4.99 Å². The van der Waals surface area contributed by atoms with Crippen LogP contribution in [0, 0.1) is 10.1 Å². The van der Waals surface area contributed by atoms with Crippen LogP contribution in [0.4, 0.5) is 5.69 Å². The zero-order chi connectivity index (χ0) is 33.7. The van der Waals surface area contributed by atoms with Crippen molar-refractivity contribution in [3.8, 4) is 17.2 Å². The van der Waals surface area contributed by atoms with Crippen LogP contribution >= 0.6 is 11.3 Å². The molecule has 0 amide bonds. The fraction of sp³-hybridized carbons (Fsp3) is 0.286. The first-order chi connectivity index (χ1) is 22.6. The predicted molar refractivity (Wildman–Crippen MR) is 178 cm³/mol. The quantitative estimate of drug-likeness (QED) is 0.111. The molecule has 0 saturated carbocycles. The van der Waals surface area contributed by atoms with Gasteiger partial charge in [0.15, 0.2) is 16.3 Å². The fourth-order valence-corrected chi connectivity index (χ4v) is 6.16. The Bertz CT molecular complexity index is 1990. The van der Waals surface area contributed by atoms with E-state index in [9.17, 15) is 19.7 Å². The molecule has 12 heteroatoms. The number of nitro benzene ring substituents is 1. The van der Waals surface area contributed by atoms with Crippen molar-refractivity contribution < 1.29 is 28.7 Å². The van der Waals surface area contributed by atoms with Crippen LogP contribution in [-0.2, 0) is 16.1 Å². The Kier molecular flexibility index (Phi) is 10.2. The van der Waals surface area contributed by atoms with Gasteiger partial charge in [-0.2, -0.15) is 0 Å². The normalized spacial score (nSPS) is 14.4. The molecule has 0 N–H and O–H groups in total. The number of hydrogen-bond acceptors (Lipinski definition) is 10. The summed E-state index contributed by atoms with van der Waals surface area (Å²) in [6.07, 6.45) is 1.40. The summed E-state index contributed by atoms with van der Waals surface area (Å²) in [5, 5.41) is 11.0. The molecule has 244 valence electrons. The van der Waals surface area contributed by atoms with Gasteiger partial charge >= 0.3 is 5.97 Å². The Morgan fingerprint density at radius 2 is 1.70 bits per heavy atom. The minimum absolute atomic E-state index is 0.00562. The highest BCUT2D eigenvalue weighted by Gasteiger charge is 2.33. The van der Waals surface area contributed by atoms with Gasteiger partial charge in [-0.1, -0.05) is 29.5 Å². The lowest BCUT2D eigenvalue weighted by Gasteiger charge is -2.25. The monoisotopic (exact) mass is 657 g/mol. The number of thiazole rings is 1. The first-order valence-electron chi connectivity index (χ1n) is 15.2. The van der Waals surface area contributed by atoms with Crippen LogP contribution in [0.3, 0.4) is 0 Å². The summed E-state index contributed by atoms with van der Waals surface area (Å²) in [5.41, 5.74) is 2.67. The Hall–Kier alpha value is -5.23. The minimum atomic E-state index is -0.746. The van der Waals surface area contributed by atoms with Gasteiger partial charge < -0.3 is 18.9 Å². The van der Waals surface area contributed by atoms with Gasteiger partial charge in [-0.15, -0.1) is 0 Å². The van der Waals surface area contributed by atoms with Gasteiger partial charge in [-0.05, 0) is 93.8 Å². The summed E-state index contributed by atoms with van der Waals surface area (Å²) in [5.74, 6) is 1.13. The smallest absolute Gasteiger partial charge is 0.338 e. The molecule has 2 heterocycles. The average Bonchev–Trinajstić information content (AvgIpc) is 3.34. The number of fused-ring (bicyclic) bond motifs is 1. The van der Waals surface area contributed by atoms with Crippen LogP contribution in [0.25, 0.3) is 6.08 Å². The number of ether oxygens (including phenoxy) is 4. The van der Waals surface area contributed by atoms with Crippen LogP contribution < -0.4 is 29.1 Å². The van der Waals surface area contributed by atoms with Crippen molar-refractivity contribution in [3.05, 3.63) is 124 Å². The molecule has 4 aromatic rings. The number of nitro groups is 1. The van der Waals surface area contributed by atoms with Crippen LogP contribution in [0.5, 0.6) is 17.2 Å². The average molecular weight is 658 g/mol. The fourth-order valence-electron chi connectivity index (χ4n) is 5.12. The molecular weight excluding hydrogens is 622 g/mol. The van der Waals surface area contributed by atoms with Gasteiger partial charge in [-0.25, -0.2) is 9.79 Å². The third-order valence-electron chi connectivity index (χ3n) is 7.20. The zero-order valence-electron chi connectivity index (χ0n) is 26.7. The minimum Gasteiger partial charge on any atom is -0.494 e. The van der Waals surface area contributed by atoms with E-state index in [0.717, 1.165) is 11.1 Å². The van der Waals surface area contributed by atoms with E-state index in [1.54, 1.807) is 55.7 Å². The largest absolute Gasteiger partial charge is 0.494 e. The summed E-state index contributed by atoms with van der Waals surface area (Å²) in [4.78, 5) is 43.1. The molecule has 1 aliphatic rings. The van der Waals surface area contributed by atoms with Gasteiger partial charge in [0.2, 0.25) is 0 Å². The van der Waals surface area contributed by atoms with Gasteiger partial charge in [0.05, 0.1) is 46.1 Å². The lowest BCUT2D eigenvalue weighted by atomic mass is 9.96. The van der Waals surface area contributed by atoms with Gasteiger partial charge in [0.1, 0.15) is 12.4 Å². The van der Waals surface area contributed by atoms with Gasteiger partial charge in [0.25, 0.3) is 11.2 Å². The van der Waals surface area contributed by atoms with Gasteiger partial charge in [0, 0.05) is 12.1 Å². The number of aromatic nitrogens is 1. The summed E-state index contributed by atoms with van der Waals surface area (Å²) >= 11 is 1.23. The lowest BCUT2D eigenvalue weighted by molar-refractivity contribution is -0.384. The number of allylic oxidation sites excluding steroid dienone is 1. The number of esters is 1. The maximum atomic E-state index is 14.1. The number of nitrogens with zero attached hydrogens (tertiary/aromatic N) is 3. The van der Waals surface area contributed by atoms with Crippen molar-refractivity contribution in [2.45, 2.75) is 53.4 Å². The van der Waals surface area contributed by atoms with Crippen LogP contribution in [0.2, 0.25) is 0 Å². The first-order valence-corrected chi connectivity index (χ1v) is 16.0. The molecule has 0 aliphatic carbocycles. The van der Waals surface area contributed by atoms with Crippen molar-refractivity contribution in [2.75, 3.05) is 13.2 Å². The van der Waals surface area contributed by atoms with Crippen molar-refractivity contribution in [3.63, 3.8) is 0 Å². The van der Waals surface area contributed by atoms with E-state index in [4.69, 9.17) is 18.9 Å². The molecule has 0 bridgehead atoms. The number of non-ortho nitro benzene ring substituents is 1. The number of carbonyl (C=O) groups is 1. The molecular formula is C35H35N3O8S. The molecule has 5 rings (SSSR count). The van der Waals surface area contributed by atoms with E-state index in [0.29, 0.717) is 56.6 Å². The SMILES string of the molecule is CCOc1ccc([C@H]2C(C(=O)OC(C)C)=C(C)N=c3s/c(=C/c4ccc(OCc5ccc([N+](=O)[O-])cc5)c(OCC)c4)c(=O)n32)cc1. The Labute approximate surface area is 275 Å². The van der Waals surface area contributed by atoms with E-state index in [-0.39, 0.29) is 24.0 Å². The predicted octanol–water partition coefficient (Wildman–Crippen LogP) is 5.47. The Morgan fingerprint density at radius 1 is 1.00 bits per heavy atom. The number of carbonyl (C=O) groups excluding carboxylic acids is 1. The molecule has 0 fully saturated rings. The number of benzene rings is 3. The maximum absolute atomic E-state index is 14.1. The topological polar surface area (TPSA) is 131 Å². The highest BCUT2D eigenvalue weighted by Crippen LogP contribution is 2.33. The van der Waals surface area contributed by atoms with Crippen molar-refractivity contribution in [1.82, 2.24) is 4.57 Å². The molecule has 1 aromatic heterocycles. The second-order valence-electron chi connectivity index (χ2n) is 10.9. The zero-order valence-corrected chi connectivity index (χ0v) is 27.5.